The second kappa shape index (κ2) is 7.25. The van der Waals surface area contributed by atoms with E-state index in [1.807, 2.05) is 36.4 Å². The molecule has 0 saturated carbocycles. The average Bonchev–Trinajstić information content (AvgIpc) is 2.54. The van der Waals surface area contributed by atoms with Crippen molar-refractivity contribution in [2.75, 3.05) is 6.54 Å². The molecular weight excluding hydrogens is 303 g/mol. The zero-order valence-electron chi connectivity index (χ0n) is 12.3. The van der Waals surface area contributed by atoms with Crippen molar-refractivity contribution in [1.29, 1.82) is 5.26 Å². The number of nitriles is 1. The topological polar surface area (TPSA) is 62.7 Å². The van der Waals surface area contributed by atoms with Crippen LogP contribution in [0.2, 0.25) is 0 Å². The van der Waals surface area contributed by atoms with Crippen LogP contribution in [0.5, 0.6) is 0 Å². The number of nitrogens with zero attached hydrogens (tertiary/aromatic N) is 2. The van der Waals surface area contributed by atoms with Crippen LogP contribution in [0.15, 0.2) is 42.6 Å². The highest BCUT2D eigenvalue weighted by molar-refractivity contribution is 5.38. The van der Waals surface area contributed by atoms with Crippen LogP contribution in [0.25, 0.3) is 0 Å². The van der Waals surface area contributed by atoms with E-state index < -0.39 is 11.9 Å². The van der Waals surface area contributed by atoms with Gasteiger partial charge in [0.1, 0.15) is 11.8 Å². The number of pyridine rings is 1. The molecule has 1 atom stereocenters. The largest absolute Gasteiger partial charge is 0.433 e. The number of hydrogen-bond acceptors (Lipinski definition) is 3. The van der Waals surface area contributed by atoms with E-state index in [1.165, 1.54) is 0 Å². The molecule has 1 aromatic carbocycles. The molecule has 0 aliphatic rings. The molecule has 0 bridgehead atoms. The number of aromatic nitrogens is 1. The van der Waals surface area contributed by atoms with Crippen LogP contribution in [0.1, 0.15) is 34.7 Å². The molecule has 0 fully saturated rings. The van der Waals surface area contributed by atoms with Crippen molar-refractivity contribution in [1.82, 2.24) is 4.98 Å². The molecule has 2 N–H and O–H groups in total. The number of alkyl halides is 3. The van der Waals surface area contributed by atoms with Crippen molar-refractivity contribution in [3.8, 4) is 6.07 Å². The molecule has 1 heterocycles. The van der Waals surface area contributed by atoms with E-state index in [2.05, 4.69) is 4.98 Å². The summed E-state index contributed by atoms with van der Waals surface area (Å²) in [6, 6.07) is 12.3. The van der Waals surface area contributed by atoms with E-state index in [1.54, 1.807) is 0 Å². The number of rotatable bonds is 5. The van der Waals surface area contributed by atoms with Gasteiger partial charge in [-0.1, -0.05) is 30.3 Å². The minimum atomic E-state index is -4.53. The summed E-state index contributed by atoms with van der Waals surface area (Å²) < 4.78 is 38.5. The highest BCUT2D eigenvalue weighted by Gasteiger charge is 2.33. The van der Waals surface area contributed by atoms with Crippen LogP contribution in [-0.4, -0.2) is 11.5 Å². The zero-order chi connectivity index (χ0) is 16.9. The molecular formula is C17H16F3N3. The first-order valence-electron chi connectivity index (χ1n) is 7.17. The smallest absolute Gasteiger partial charge is 0.330 e. The van der Waals surface area contributed by atoms with E-state index in [4.69, 9.17) is 11.0 Å². The second-order valence-corrected chi connectivity index (χ2v) is 5.23. The number of nitrogens with two attached hydrogens (primary N) is 1. The van der Waals surface area contributed by atoms with Gasteiger partial charge in [-0.3, -0.25) is 4.98 Å². The van der Waals surface area contributed by atoms with Gasteiger partial charge < -0.3 is 5.73 Å². The van der Waals surface area contributed by atoms with E-state index in [0.717, 1.165) is 17.8 Å². The highest BCUT2D eigenvalue weighted by atomic mass is 19.4. The predicted molar refractivity (Wildman–Crippen MR) is 80.5 cm³/mol. The SMILES string of the molecule is N#Cc1cnc(C(F)(F)F)cc1CC(CCN)c1ccccc1. The quantitative estimate of drug-likeness (QED) is 0.915. The summed E-state index contributed by atoms with van der Waals surface area (Å²) in [4.78, 5) is 3.34. The summed E-state index contributed by atoms with van der Waals surface area (Å²) in [6.07, 6.45) is -2.60. The fraction of sp³-hybridized carbons (Fsp3) is 0.294. The van der Waals surface area contributed by atoms with Crippen molar-refractivity contribution >= 4 is 0 Å². The van der Waals surface area contributed by atoms with Crippen LogP contribution in [0.3, 0.4) is 0 Å². The lowest BCUT2D eigenvalue weighted by molar-refractivity contribution is -0.141. The normalized spacial score (nSPS) is 12.7. The van der Waals surface area contributed by atoms with Crippen LogP contribution < -0.4 is 5.73 Å². The lowest BCUT2D eigenvalue weighted by atomic mass is 9.88. The Labute approximate surface area is 132 Å². The Kier molecular flexibility index (Phi) is 5.35. The molecule has 3 nitrogen and oxygen atoms in total. The maximum Gasteiger partial charge on any atom is 0.433 e. The van der Waals surface area contributed by atoms with Gasteiger partial charge >= 0.3 is 6.18 Å². The Balaban J connectivity index is 2.37. The molecule has 0 radical (unpaired) electrons. The third-order valence-electron chi connectivity index (χ3n) is 3.65. The summed E-state index contributed by atoms with van der Waals surface area (Å²) >= 11 is 0. The standard InChI is InChI=1S/C17H16F3N3/c18-17(19,20)16-9-14(15(10-22)11-23-16)8-13(6-7-21)12-4-2-1-3-5-12/h1-5,9,11,13H,6-8,21H2. The Morgan fingerprint density at radius 1 is 1.22 bits per heavy atom. The Morgan fingerprint density at radius 3 is 2.48 bits per heavy atom. The molecule has 6 heteroatoms. The minimum Gasteiger partial charge on any atom is -0.330 e. The second-order valence-electron chi connectivity index (χ2n) is 5.23. The molecule has 0 aliphatic carbocycles. The van der Waals surface area contributed by atoms with Crippen molar-refractivity contribution < 1.29 is 13.2 Å². The van der Waals surface area contributed by atoms with E-state index in [-0.39, 0.29) is 11.5 Å². The lowest BCUT2D eigenvalue weighted by Gasteiger charge is -2.18. The van der Waals surface area contributed by atoms with Gasteiger partial charge in [-0.05, 0) is 42.5 Å². The fourth-order valence-corrected chi connectivity index (χ4v) is 2.50. The summed E-state index contributed by atoms with van der Waals surface area (Å²) in [7, 11) is 0. The monoisotopic (exact) mass is 319 g/mol. The van der Waals surface area contributed by atoms with Crippen molar-refractivity contribution in [2.24, 2.45) is 5.73 Å². The molecule has 1 aromatic heterocycles. The summed E-state index contributed by atoms with van der Waals surface area (Å²) in [5.74, 6) is -0.0446. The van der Waals surface area contributed by atoms with Gasteiger partial charge in [0.2, 0.25) is 0 Å². The number of halogens is 3. The molecule has 0 amide bonds. The van der Waals surface area contributed by atoms with Crippen molar-refractivity contribution in [2.45, 2.75) is 24.9 Å². The molecule has 23 heavy (non-hydrogen) atoms. The minimum absolute atomic E-state index is 0.0446. The van der Waals surface area contributed by atoms with Gasteiger partial charge in [0.15, 0.2) is 0 Å². The molecule has 0 saturated heterocycles. The highest BCUT2D eigenvalue weighted by Crippen LogP contribution is 2.31. The maximum absolute atomic E-state index is 12.8. The summed E-state index contributed by atoms with van der Waals surface area (Å²) in [5, 5.41) is 9.13. The number of hydrogen-bond donors (Lipinski definition) is 1. The molecule has 1 unspecified atom stereocenters. The predicted octanol–water partition coefficient (Wildman–Crippen LogP) is 3.65. The lowest BCUT2D eigenvalue weighted by Crippen LogP contribution is -2.13. The Bertz CT molecular complexity index is 690. The van der Waals surface area contributed by atoms with Crippen molar-refractivity contribution in [3.63, 3.8) is 0 Å². The summed E-state index contributed by atoms with van der Waals surface area (Å²) in [6.45, 7) is 0.415. The third-order valence-corrected chi connectivity index (χ3v) is 3.65. The summed E-state index contributed by atoms with van der Waals surface area (Å²) in [5.41, 5.74) is 6.15. The van der Waals surface area contributed by atoms with E-state index in [0.29, 0.717) is 24.9 Å². The zero-order valence-corrected chi connectivity index (χ0v) is 12.3. The van der Waals surface area contributed by atoms with E-state index in [9.17, 15) is 13.2 Å². The fourth-order valence-electron chi connectivity index (χ4n) is 2.50. The molecule has 0 aliphatic heterocycles. The third kappa shape index (κ3) is 4.30. The van der Waals surface area contributed by atoms with Gasteiger partial charge in [0.05, 0.1) is 5.56 Å². The molecule has 2 rings (SSSR count). The Morgan fingerprint density at radius 2 is 1.91 bits per heavy atom. The van der Waals surface area contributed by atoms with Crippen LogP contribution >= 0.6 is 0 Å². The Hall–Kier alpha value is -2.39. The first kappa shape index (κ1) is 17.0. The molecule has 2 aromatic rings. The average molecular weight is 319 g/mol. The van der Waals surface area contributed by atoms with Gasteiger partial charge in [-0.25, -0.2) is 0 Å². The maximum atomic E-state index is 12.8. The first-order chi connectivity index (χ1) is 11.0. The van der Waals surface area contributed by atoms with Gasteiger partial charge in [-0.2, -0.15) is 18.4 Å². The van der Waals surface area contributed by atoms with Gasteiger partial charge in [-0.15, -0.1) is 0 Å². The van der Waals surface area contributed by atoms with Crippen molar-refractivity contribution in [3.05, 3.63) is 65.0 Å². The van der Waals surface area contributed by atoms with Gasteiger partial charge in [0.25, 0.3) is 0 Å². The van der Waals surface area contributed by atoms with E-state index >= 15 is 0 Å². The number of benzene rings is 1. The molecule has 120 valence electrons. The van der Waals surface area contributed by atoms with Crippen LogP contribution in [-0.2, 0) is 12.6 Å². The van der Waals surface area contributed by atoms with Gasteiger partial charge in [0, 0.05) is 6.20 Å². The molecule has 0 spiro atoms. The van der Waals surface area contributed by atoms with Crippen LogP contribution in [0.4, 0.5) is 13.2 Å². The van der Waals surface area contributed by atoms with Crippen LogP contribution in [0, 0.1) is 11.3 Å². The first-order valence-corrected chi connectivity index (χ1v) is 7.17.